The first kappa shape index (κ1) is 21.5. The summed E-state index contributed by atoms with van der Waals surface area (Å²) < 4.78 is 22.8. The highest BCUT2D eigenvalue weighted by Crippen LogP contribution is 2.22. The van der Waals surface area contributed by atoms with E-state index in [0.717, 1.165) is 11.1 Å². The quantitative estimate of drug-likeness (QED) is 0.457. The fourth-order valence-corrected chi connectivity index (χ4v) is 3.83. The number of primary sulfonamides is 1. The number of aromatic amines is 1. The van der Waals surface area contributed by atoms with E-state index in [0.29, 0.717) is 24.5 Å². The Morgan fingerprint density at radius 3 is 2.20 bits per heavy atom. The van der Waals surface area contributed by atoms with Crippen molar-refractivity contribution in [1.29, 1.82) is 0 Å². The summed E-state index contributed by atoms with van der Waals surface area (Å²) in [4.78, 5) is 12.1. The van der Waals surface area contributed by atoms with Gasteiger partial charge < -0.3 is 11.1 Å². The zero-order chi connectivity index (χ0) is 22.1. The van der Waals surface area contributed by atoms with Crippen LogP contribution in [-0.2, 0) is 23.0 Å². The maximum atomic E-state index is 12.1. The minimum Gasteiger partial charge on any atom is -0.365 e. The smallest absolute Gasteiger partial charge is 0.254 e. The van der Waals surface area contributed by atoms with E-state index in [2.05, 4.69) is 48.4 Å². The van der Waals surface area contributed by atoms with E-state index >= 15 is 0 Å². The lowest BCUT2D eigenvalue weighted by molar-refractivity contribution is 0.100. The summed E-state index contributed by atoms with van der Waals surface area (Å²) in [5.74, 6) is -0.215. The first-order valence-corrected chi connectivity index (χ1v) is 10.9. The van der Waals surface area contributed by atoms with Crippen molar-refractivity contribution < 1.29 is 13.2 Å². The van der Waals surface area contributed by atoms with Crippen molar-refractivity contribution in [2.24, 2.45) is 10.9 Å². The number of amides is 1. The molecule has 0 radical (unpaired) electrons. The number of carbonyl (C=O) groups excluding carboxylic acids is 1. The van der Waals surface area contributed by atoms with Gasteiger partial charge in [0.1, 0.15) is 5.56 Å². The molecule has 0 atom stereocenters. The normalized spacial score (nSPS) is 11.5. The third-order valence-corrected chi connectivity index (χ3v) is 6.10. The topological polar surface area (TPSA) is 144 Å². The molecule has 30 heavy (non-hydrogen) atoms. The first-order valence-electron chi connectivity index (χ1n) is 9.35. The summed E-state index contributed by atoms with van der Waals surface area (Å²) in [6, 6.07) is 10.3. The molecule has 1 heterocycles. The molecule has 1 aromatic heterocycles. The molecule has 0 fully saturated rings. The minimum absolute atomic E-state index is 0.0250. The second kappa shape index (κ2) is 8.29. The molecular weight excluding hydrogens is 402 g/mol. The number of primary amides is 1. The van der Waals surface area contributed by atoms with E-state index < -0.39 is 15.9 Å². The van der Waals surface area contributed by atoms with E-state index in [1.807, 2.05) is 0 Å². The predicted molar refractivity (Wildman–Crippen MR) is 116 cm³/mol. The highest BCUT2D eigenvalue weighted by molar-refractivity contribution is 7.89. The van der Waals surface area contributed by atoms with Gasteiger partial charge in [0.05, 0.1) is 10.6 Å². The van der Waals surface area contributed by atoms with Crippen molar-refractivity contribution in [3.8, 4) is 0 Å². The molecule has 2 aromatic carbocycles. The first-order chi connectivity index (χ1) is 14.1. The van der Waals surface area contributed by atoms with Crippen LogP contribution in [0.3, 0.4) is 0 Å². The number of nitrogens with two attached hydrogens (primary N) is 2. The highest BCUT2D eigenvalue weighted by atomic mass is 32.2. The Bertz CT molecular complexity index is 1170. The monoisotopic (exact) mass is 427 g/mol. The molecule has 9 heteroatoms. The number of nitrogens with zero attached hydrogens (tertiary/aromatic N) is 1. The van der Waals surface area contributed by atoms with E-state index in [-0.39, 0.29) is 10.5 Å². The number of hydrogen-bond donors (Lipinski definition) is 4. The van der Waals surface area contributed by atoms with Crippen LogP contribution in [0.15, 0.2) is 41.3 Å². The summed E-state index contributed by atoms with van der Waals surface area (Å²) in [6.07, 6.45) is 0.334. The molecule has 0 aliphatic rings. The summed E-state index contributed by atoms with van der Waals surface area (Å²) in [7, 11) is -3.76. The molecule has 6 N–H and O–H groups in total. The predicted octanol–water partition coefficient (Wildman–Crippen LogP) is 2.28. The third-order valence-electron chi connectivity index (χ3n) is 5.17. The van der Waals surface area contributed by atoms with Crippen LogP contribution in [-0.4, -0.2) is 24.5 Å². The number of sulfonamides is 1. The van der Waals surface area contributed by atoms with Crippen LogP contribution in [0.5, 0.6) is 0 Å². The Morgan fingerprint density at radius 1 is 1.07 bits per heavy atom. The average molecular weight is 428 g/mol. The molecule has 0 aliphatic carbocycles. The molecule has 0 bridgehead atoms. The van der Waals surface area contributed by atoms with E-state index in [4.69, 9.17) is 10.9 Å². The number of benzene rings is 2. The maximum absolute atomic E-state index is 12.1. The van der Waals surface area contributed by atoms with Crippen molar-refractivity contribution in [3.63, 3.8) is 0 Å². The third kappa shape index (κ3) is 4.69. The molecule has 8 nitrogen and oxygen atoms in total. The number of anilines is 1. The largest absolute Gasteiger partial charge is 0.365 e. The maximum Gasteiger partial charge on any atom is 0.254 e. The molecule has 0 saturated carbocycles. The lowest BCUT2D eigenvalue weighted by Gasteiger charge is -2.10. The Kier molecular flexibility index (Phi) is 5.95. The highest BCUT2D eigenvalue weighted by Gasteiger charge is 2.19. The van der Waals surface area contributed by atoms with Crippen LogP contribution < -0.4 is 16.2 Å². The van der Waals surface area contributed by atoms with Gasteiger partial charge in [-0.3, -0.25) is 9.89 Å². The van der Waals surface area contributed by atoms with Gasteiger partial charge in [0.25, 0.3) is 5.91 Å². The fraction of sp³-hybridized carbons (Fsp3) is 0.238. The SMILES string of the molecule is Cc1cc(CNc2n[nH]c(Cc3ccc(S(N)(=O)=O)cc3)c2C(N)=O)cc(C)c1C. The van der Waals surface area contributed by atoms with Crippen molar-refractivity contribution in [2.45, 2.75) is 38.6 Å². The fourth-order valence-electron chi connectivity index (χ4n) is 3.31. The molecule has 3 rings (SSSR count). The molecule has 0 unspecified atom stereocenters. The number of H-pyrrole nitrogens is 1. The van der Waals surface area contributed by atoms with Crippen molar-refractivity contribution in [2.75, 3.05) is 5.32 Å². The summed E-state index contributed by atoms with van der Waals surface area (Å²) in [5, 5.41) is 15.4. The van der Waals surface area contributed by atoms with Crippen LogP contribution in [0.2, 0.25) is 0 Å². The van der Waals surface area contributed by atoms with Crippen molar-refractivity contribution >= 4 is 21.7 Å². The van der Waals surface area contributed by atoms with Gasteiger partial charge in [-0.25, -0.2) is 13.6 Å². The molecule has 3 aromatic rings. The lowest BCUT2D eigenvalue weighted by atomic mass is 10.0. The van der Waals surface area contributed by atoms with Crippen LogP contribution in [0, 0.1) is 20.8 Å². The van der Waals surface area contributed by atoms with E-state index in [1.54, 1.807) is 12.1 Å². The number of aryl methyl sites for hydroxylation is 2. The van der Waals surface area contributed by atoms with Gasteiger partial charge in [-0.1, -0.05) is 24.3 Å². The Labute approximate surface area is 175 Å². The van der Waals surface area contributed by atoms with Crippen LogP contribution in [0.1, 0.15) is 43.9 Å². The minimum atomic E-state index is -3.76. The van der Waals surface area contributed by atoms with E-state index in [9.17, 15) is 13.2 Å². The van der Waals surface area contributed by atoms with Crippen molar-refractivity contribution in [1.82, 2.24) is 10.2 Å². The van der Waals surface area contributed by atoms with Gasteiger partial charge in [0.2, 0.25) is 10.0 Å². The Balaban J connectivity index is 1.81. The Hall–Kier alpha value is -3.17. The number of carbonyl (C=O) groups is 1. The van der Waals surface area contributed by atoms with Gasteiger partial charge in [0.15, 0.2) is 5.82 Å². The summed E-state index contributed by atoms with van der Waals surface area (Å²) >= 11 is 0. The van der Waals surface area contributed by atoms with Gasteiger partial charge in [-0.2, -0.15) is 5.10 Å². The number of rotatable bonds is 7. The zero-order valence-corrected chi connectivity index (χ0v) is 17.9. The second-order valence-corrected chi connectivity index (χ2v) is 8.93. The van der Waals surface area contributed by atoms with Crippen LogP contribution in [0.25, 0.3) is 0 Å². The average Bonchev–Trinajstić information content (AvgIpc) is 3.06. The number of hydrogen-bond acceptors (Lipinski definition) is 5. The van der Waals surface area contributed by atoms with Gasteiger partial charge >= 0.3 is 0 Å². The van der Waals surface area contributed by atoms with Crippen LogP contribution in [0.4, 0.5) is 5.82 Å². The molecular formula is C21H25N5O3S. The molecule has 0 saturated heterocycles. The van der Waals surface area contributed by atoms with Crippen LogP contribution >= 0.6 is 0 Å². The van der Waals surface area contributed by atoms with Crippen molar-refractivity contribution in [3.05, 3.63) is 75.5 Å². The lowest BCUT2D eigenvalue weighted by Crippen LogP contribution is -2.16. The molecule has 0 aliphatic heterocycles. The summed E-state index contributed by atoms with van der Waals surface area (Å²) in [5.41, 5.74) is 11.9. The van der Waals surface area contributed by atoms with Gasteiger partial charge in [-0.15, -0.1) is 0 Å². The van der Waals surface area contributed by atoms with Gasteiger partial charge in [0, 0.05) is 13.0 Å². The van der Waals surface area contributed by atoms with E-state index in [1.165, 1.54) is 28.8 Å². The zero-order valence-electron chi connectivity index (χ0n) is 17.1. The molecule has 158 valence electrons. The molecule has 0 spiro atoms. The second-order valence-electron chi connectivity index (χ2n) is 7.36. The summed E-state index contributed by atoms with van der Waals surface area (Å²) in [6.45, 7) is 6.71. The Morgan fingerprint density at radius 2 is 1.67 bits per heavy atom. The standard InChI is InChI=1S/C21H25N5O3S/c1-12-8-16(9-13(2)14(12)3)11-24-21-19(20(22)27)18(25-26-21)10-15-4-6-17(7-5-15)30(23,28)29/h4-9H,10-11H2,1-3H3,(H2,22,27)(H2,23,28,29)(H2,24,25,26). The van der Waals surface area contributed by atoms with Gasteiger partial charge in [-0.05, 0) is 60.7 Å². The number of aromatic nitrogens is 2. The number of nitrogens with one attached hydrogen (secondary N) is 2. The molecule has 1 amide bonds.